The molecule has 0 amide bonds. The lowest BCUT2D eigenvalue weighted by atomic mass is 9.93. The molecular formula is C26H26O3S. The zero-order valence-corrected chi connectivity index (χ0v) is 18.5. The molecule has 0 saturated heterocycles. The van der Waals surface area contributed by atoms with Gasteiger partial charge in [0, 0.05) is 4.88 Å². The normalized spacial score (nSPS) is 12.5. The minimum Gasteiger partial charge on any atom is -0.481 e. The molecule has 3 aromatic rings. The van der Waals surface area contributed by atoms with Gasteiger partial charge >= 0.3 is 5.97 Å². The molecule has 30 heavy (non-hydrogen) atoms. The molecule has 0 aliphatic rings. The van der Waals surface area contributed by atoms with Gasteiger partial charge < -0.3 is 9.84 Å². The SMILES string of the molecule is CC#C[C@H](c1ccc(OCc2cccc(-c3c(C)cccc3C)c2)s1)[C@H](C)C(=O)O. The Morgan fingerprint density at radius 1 is 1.10 bits per heavy atom. The van der Waals surface area contributed by atoms with Gasteiger partial charge in [0.15, 0.2) is 5.06 Å². The lowest BCUT2D eigenvalue weighted by molar-refractivity contribution is -0.141. The van der Waals surface area contributed by atoms with Crippen LogP contribution < -0.4 is 4.74 Å². The maximum atomic E-state index is 11.4. The number of carboxylic acids is 1. The number of ether oxygens (including phenoxy) is 1. The fourth-order valence-electron chi connectivity index (χ4n) is 3.56. The molecule has 0 fully saturated rings. The Bertz CT molecular complexity index is 1080. The third-order valence-corrected chi connectivity index (χ3v) is 6.26. The Hall–Kier alpha value is -3.03. The van der Waals surface area contributed by atoms with E-state index in [1.165, 1.54) is 33.6 Å². The molecule has 0 aliphatic carbocycles. The van der Waals surface area contributed by atoms with Crippen LogP contribution in [0.25, 0.3) is 11.1 Å². The molecule has 2 aromatic carbocycles. The summed E-state index contributed by atoms with van der Waals surface area (Å²) in [7, 11) is 0. The van der Waals surface area contributed by atoms with E-state index in [4.69, 9.17) is 4.74 Å². The summed E-state index contributed by atoms with van der Waals surface area (Å²) < 4.78 is 6.02. The van der Waals surface area contributed by atoms with Crippen molar-refractivity contribution in [2.24, 2.45) is 5.92 Å². The molecule has 3 rings (SSSR count). The number of benzene rings is 2. The summed E-state index contributed by atoms with van der Waals surface area (Å²) in [5.41, 5.74) is 6.06. The molecule has 0 radical (unpaired) electrons. The minimum absolute atomic E-state index is 0.331. The van der Waals surface area contributed by atoms with Crippen LogP contribution in [0.5, 0.6) is 5.06 Å². The van der Waals surface area contributed by atoms with Crippen molar-refractivity contribution in [3.63, 3.8) is 0 Å². The number of carboxylic acid groups (broad SMARTS) is 1. The molecule has 3 nitrogen and oxygen atoms in total. The van der Waals surface area contributed by atoms with Crippen molar-refractivity contribution < 1.29 is 14.6 Å². The Balaban J connectivity index is 1.75. The van der Waals surface area contributed by atoms with Crippen LogP contribution in [0.3, 0.4) is 0 Å². The van der Waals surface area contributed by atoms with Crippen LogP contribution in [0.1, 0.15) is 41.3 Å². The summed E-state index contributed by atoms with van der Waals surface area (Å²) in [6, 6.07) is 18.6. The average molecular weight is 419 g/mol. The maximum absolute atomic E-state index is 11.4. The fraction of sp³-hybridized carbons (Fsp3) is 0.269. The third-order valence-electron chi connectivity index (χ3n) is 5.18. The van der Waals surface area contributed by atoms with Crippen molar-refractivity contribution in [2.75, 3.05) is 0 Å². The first-order chi connectivity index (χ1) is 14.4. The standard InChI is InChI=1S/C26H26O3S/c1-5-8-22(19(4)26(27)28)23-13-14-24(30-23)29-16-20-11-7-12-21(15-20)25-17(2)9-6-10-18(25)3/h6-7,9-15,19,22H,16H2,1-4H3,(H,27,28)/t19-,22-/m0/s1. The average Bonchev–Trinajstić information content (AvgIpc) is 3.19. The largest absolute Gasteiger partial charge is 0.481 e. The highest BCUT2D eigenvalue weighted by molar-refractivity contribution is 7.14. The second-order valence-electron chi connectivity index (χ2n) is 7.41. The van der Waals surface area contributed by atoms with Gasteiger partial charge in [-0.2, -0.15) is 0 Å². The molecule has 2 atom stereocenters. The zero-order chi connectivity index (χ0) is 21.7. The molecule has 0 aliphatic heterocycles. The van der Waals surface area contributed by atoms with Crippen LogP contribution in [0, 0.1) is 31.6 Å². The summed E-state index contributed by atoms with van der Waals surface area (Å²) in [5, 5.41) is 10.1. The van der Waals surface area contributed by atoms with Gasteiger partial charge in [0.25, 0.3) is 0 Å². The number of aryl methyl sites for hydroxylation is 2. The second kappa shape index (κ2) is 9.65. The van der Waals surface area contributed by atoms with E-state index in [9.17, 15) is 9.90 Å². The number of hydrogen-bond acceptors (Lipinski definition) is 3. The Morgan fingerprint density at radius 2 is 1.80 bits per heavy atom. The van der Waals surface area contributed by atoms with E-state index in [-0.39, 0.29) is 5.92 Å². The van der Waals surface area contributed by atoms with E-state index in [0.29, 0.717) is 6.61 Å². The van der Waals surface area contributed by atoms with Gasteiger partial charge in [0.2, 0.25) is 0 Å². The van der Waals surface area contributed by atoms with Crippen molar-refractivity contribution in [3.8, 4) is 28.0 Å². The van der Waals surface area contributed by atoms with Gasteiger partial charge in [-0.25, -0.2) is 0 Å². The lowest BCUT2D eigenvalue weighted by Crippen LogP contribution is -2.17. The highest BCUT2D eigenvalue weighted by atomic mass is 32.1. The smallest absolute Gasteiger partial charge is 0.307 e. The Kier molecular flexibility index (Phi) is 6.97. The molecule has 1 aromatic heterocycles. The summed E-state index contributed by atoms with van der Waals surface area (Å²) in [6.07, 6.45) is 0. The predicted molar refractivity (Wildman–Crippen MR) is 123 cm³/mol. The Morgan fingerprint density at radius 3 is 2.47 bits per heavy atom. The van der Waals surface area contributed by atoms with Crippen LogP contribution in [-0.2, 0) is 11.4 Å². The number of thiophene rings is 1. The minimum atomic E-state index is -0.845. The molecular weight excluding hydrogens is 392 g/mol. The molecule has 0 bridgehead atoms. The van der Waals surface area contributed by atoms with Crippen LogP contribution in [0.2, 0.25) is 0 Å². The molecule has 0 unspecified atom stereocenters. The summed E-state index contributed by atoms with van der Waals surface area (Å²) in [6.45, 7) is 8.14. The van der Waals surface area contributed by atoms with E-state index in [0.717, 1.165) is 15.5 Å². The van der Waals surface area contributed by atoms with Crippen LogP contribution >= 0.6 is 11.3 Å². The van der Waals surface area contributed by atoms with Crippen LogP contribution in [0.4, 0.5) is 0 Å². The molecule has 0 saturated carbocycles. The van der Waals surface area contributed by atoms with Gasteiger partial charge in [-0.1, -0.05) is 49.2 Å². The van der Waals surface area contributed by atoms with Crippen molar-refractivity contribution >= 4 is 17.3 Å². The topological polar surface area (TPSA) is 46.5 Å². The third kappa shape index (κ3) is 4.93. The zero-order valence-electron chi connectivity index (χ0n) is 17.7. The highest BCUT2D eigenvalue weighted by Crippen LogP contribution is 2.35. The van der Waals surface area contributed by atoms with Gasteiger partial charge in [-0.3, -0.25) is 4.79 Å². The monoisotopic (exact) mass is 418 g/mol. The molecule has 4 heteroatoms. The molecule has 154 valence electrons. The lowest BCUT2D eigenvalue weighted by Gasteiger charge is -2.13. The Labute approximate surface area is 182 Å². The first kappa shape index (κ1) is 21.7. The molecule has 1 heterocycles. The molecule has 0 spiro atoms. The number of rotatable bonds is 7. The van der Waals surface area contributed by atoms with E-state index >= 15 is 0 Å². The van der Waals surface area contributed by atoms with E-state index in [1.54, 1.807) is 13.8 Å². The number of hydrogen-bond donors (Lipinski definition) is 1. The highest BCUT2D eigenvalue weighted by Gasteiger charge is 2.25. The first-order valence-corrected chi connectivity index (χ1v) is 10.8. The second-order valence-corrected chi connectivity index (χ2v) is 8.49. The molecule has 1 N–H and O–H groups in total. The maximum Gasteiger partial charge on any atom is 0.307 e. The summed E-state index contributed by atoms with van der Waals surface area (Å²) >= 11 is 1.46. The fourth-order valence-corrected chi connectivity index (χ4v) is 4.57. The predicted octanol–water partition coefficient (Wildman–Crippen LogP) is 6.44. The van der Waals surface area contributed by atoms with E-state index < -0.39 is 11.9 Å². The van der Waals surface area contributed by atoms with Crippen molar-refractivity contribution in [2.45, 2.75) is 40.2 Å². The van der Waals surface area contributed by atoms with Gasteiger partial charge in [-0.15, -0.1) is 17.3 Å². The van der Waals surface area contributed by atoms with Gasteiger partial charge in [-0.05, 0) is 66.8 Å². The van der Waals surface area contributed by atoms with Gasteiger partial charge in [0.05, 0.1) is 11.8 Å². The van der Waals surface area contributed by atoms with Crippen LogP contribution in [-0.4, -0.2) is 11.1 Å². The van der Waals surface area contributed by atoms with E-state index in [2.05, 4.69) is 68.2 Å². The first-order valence-electron chi connectivity index (χ1n) is 9.94. The summed E-state index contributed by atoms with van der Waals surface area (Å²) in [5.74, 6) is 4.13. The summed E-state index contributed by atoms with van der Waals surface area (Å²) in [4.78, 5) is 12.3. The van der Waals surface area contributed by atoms with E-state index in [1.807, 2.05) is 12.1 Å². The van der Waals surface area contributed by atoms with Crippen LogP contribution in [0.15, 0.2) is 54.6 Å². The number of carbonyl (C=O) groups is 1. The quantitative estimate of drug-likeness (QED) is 0.449. The van der Waals surface area contributed by atoms with Crippen molar-refractivity contribution in [3.05, 3.63) is 76.2 Å². The van der Waals surface area contributed by atoms with Crippen molar-refractivity contribution in [1.29, 1.82) is 0 Å². The number of aliphatic carboxylic acids is 1. The van der Waals surface area contributed by atoms with Gasteiger partial charge in [0.1, 0.15) is 6.61 Å². The van der Waals surface area contributed by atoms with Crippen molar-refractivity contribution in [1.82, 2.24) is 0 Å².